The topological polar surface area (TPSA) is 92.2 Å². The number of nitrogens with zero attached hydrogens (tertiary/aromatic N) is 6. The van der Waals surface area contributed by atoms with Crippen LogP contribution in [0.5, 0.6) is 5.75 Å². The monoisotopic (exact) mass is 459 g/mol. The summed E-state index contributed by atoms with van der Waals surface area (Å²) in [6, 6.07) is 15.5. The summed E-state index contributed by atoms with van der Waals surface area (Å²) in [7, 11) is 3.77. The van der Waals surface area contributed by atoms with Gasteiger partial charge in [-0.25, -0.2) is 4.68 Å². The number of aromatic nitrogens is 5. The molecule has 0 bridgehead atoms. The molecule has 0 saturated carbocycles. The van der Waals surface area contributed by atoms with Crippen molar-refractivity contribution < 1.29 is 4.74 Å². The predicted octanol–water partition coefficient (Wildman–Crippen LogP) is 2.22. The summed E-state index contributed by atoms with van der Waals surface area (Å²) in [4.78, 5) is 21.1. The van der Waals surface area contributed by atoms with Crippen LogP contribution in [-0.4, -0.2) is 75.3 Å². The second kappa shape index (κ2) is 9.36. The van der Waals surface area contributed by atoms with E-state index < -0.39 is 0 Å². The van der Waals surface area contributed by atoms with Crippen molar-refractivity contribution in [2.24, 2.45) is 0 Å². The Hall–Kier alpha value is -3.56. The van der Waals surface area contributed by atoms with Gasteiger partial charge < -0.3 is 14.6 Å². The third-order valence-electron chi connectivity index (χ3n) is 6.61. The van der Waals surface area contributed by atoms with Gasteiger partial charge in [0, 0.05) is 31.7 Å². The zero-order valence-electron chi connectivity index (χ0n) is 19.7. The normalized spacial score (nSPS) is 16.1. The molecule has 0 amide bonds. The van der Waals surface area contributed by atoms with Gasteiger partial charge in [-0.15, -0.1) is 5.10 Å². The van der Waals surface area contributed by atoms with Crippen LogP contribution in [0.25, 0.3) is 10.9 Å². The number of hydrogen-bond acceptors (Lipinski definition) is 7. The van der Waals surface area contributed by atoms with Crippen molar-refractivity contribution in [1.29, 1.82) is 0 Å². The Morgan fingerprint density at radius 1 is 1.09 bits per heavy atom. The summed E-state index contributed by atoms with van der Waals surface area (Å²) in [6.45, 7) is 5.98. The molecule has 2 aromatic carbocycles. The molecule has 0 spiro atoms. The summed E-state index contributed by atoms with van der Waals surface area (Å²) < 4.78 is 7.07. The Labute approximate surface area is 198 Å². The number of pyridine rings is 1. The number of tetrazole rings is 1. The van der Waals surface area contributed by atoms with Gasteiger partial charge in [-0.05, 0) is 59.1 Å². The molecule has 0 radical (unpaired) electrons. The predicted molar refractivity (Wildman–Crippen MR) is 130 cm³/mol. The van der Waals surface area contributed by atoms with Gasteiger partial charge >= 0.3 is 0 Å². The summed E-state index contributed by atoms with van der Waals surface area (Å²) in [5, 5.41) is 13.7. The first-order valence-electron chi connectivity index (χ1n) is 11.5. The standard InChI is InChI=1S/C25H29N7O2/c1-17-5-4-6-19-15-21(25(33)26-22(17)19)23(31-13-11-30(2)12-14-31)24-27-28-29-32(24)16-18-7-9-20(34-3)10-8-18/h4-10,15,23H,11-14,16H2,1-3H3,(H,26,33)/t23-/m1/s1. The number of nitrogens with one attached hydrogen (secondary N) is 1. The lowest BCUT2D eigenvalue weighted by molar-refractivity contribution is 0.121. The van der Waals surface area contributed by atoms with E-state index in [1.165, 1.54) is 0 Å². The largest absolute Gasteiger partial charge is 0.497 e. The summed E-state index contributed by atoms with van der Waals surface area (Å²) in [5.41, 5.74) is 3.51. The van der Waals surface area contributed by atoms with Crippen LogP contribution in [-0.2, 0) is 6.54 Å². The van der Waals surface area contributed by atoms with Crippen LogP contribution in [0.1, 0.15) is 28.6 Å². The van der Waals surface area contributed by atoms with E-state index in [-0.39, 0.29) is 11.6 Å². The highest BCUT2D eigenvalue weighted by molar-refractivity contribution is 5.82. The molecule has 1 atom stereocenters. The Bertz CT molecular complexity index is 1340. The molecule has 3 heterocycles. The highest BCUT2D eigenvalue weighted by Gasteiger charge is 2.32. The van der Waals surface area contributed by atoms with Crippen molar-refractivity contribution in [3.8, 4) is 5.75 Å². The molecular weight excluding hydrogens is 430 g/mol. The number of piperazine rings is 1. The van der Waals surface area contributed by atoms with E-state index in [0.717, 1.165) is 54.0 Å². The van der Waals surface area contributed by atoms with Crippen molar-refractivity contribution in [3.05, 3.63) is 81.4 Å². The Morgan fingerprint density at radius 2 is 1.85 bits per heavy atom. The van der Waals surface area contributed by atoms with Crippen molar-refractivity contribution in [2.75, 3.05) is 40.3 Å². The molecule has 1 fully saturated rings. The van der Waals surface area contributed by atoms with Crippen LogP contribution in [0.4, 0.5) is 0 Å². The Kier molecular flexibility index (Phi) is 6.12. The van der Waals surface area contributed by atoms with Gasteiger partial charge in [-0.2, -0.15) is 0 Å². The minimum absolute atomic E-state index is 0.107. The molecule has 34 heavy (non-hydrogen) atoms. The van der Waals surface area contributed by atoms with Gasteiger partial charge in [-0.3, -0.25) is 9.69 Å². The fourth-order valence-corrected chi connectivity index (χ4v) is 4.61. The van der Waals surface area contributed by atoms with E-state index >= 15 is 0 Å². The molecule has 4 aromatic rings. The van der Waals surface area contributed by atoms with Gasteiger partial charge in [0.15, 0.2) is 5.82 Å². The molecule has 0 aliphatic carbocycles. The average Bonchev–Trinajstić information content (AvgIpc) is 3.29. The van der Waals surface area contributed by atoms with Crippen LogP contribution in [0.2, 0.25) is 0 Å². The smallest absolute Gasteiger partial charge is 0.253 e. The van der Waals surface area contributed by atoms with Crippen LogP contribution in [0.15, 0.2) is 53.3 Å². The average molecular weight is 460 g/mol. The van der Waals surface area contributed by atoms with Crippen molar-refractivity contribution >= 4 is 10.9 Å². The maximum absolute atomic E-state index is 13.4. The van der Waals surface area contributed by atoms with Crippen LogP contribution in [0, 0.1) is 6.92 Å². The number of benzene rings is 2. The molecule has 0 unspecified atom stereocenters. The molecule has 5 rings (SSSR count). The first kappa shape index (κ1) is 22.2. The number of H-pyrrole nitrogens is 1. The third-order valence-corrected chi connectivity index (χ3v) is 6.61. The first-order chi connectivity index (χ1) is 16.5. The van der Waals surface area contributed by atoms with E-state index in [0.29, 0.717) is 17.9 Å². The third kappa shape index (κ3) is 4.32. The van der Waals surface area contributed by atoms with Crippen molar-refractivity contribution in [3.63, 3.8) is 0 Å². The van der Waals surface area contributed by atoms with E-state index in [2.05, 4.69) is 37.4 Å². The van der Waals surface area contributed by atoms with Crippen molar-refractivity contribution in [2.45, 2.75) is 19.5 Å². The van der Waals surface area contributed by atoms with Gasteiger partial charge in [0.25, 0.3) is 5.56 Å². The lowest BCUT2D eigenvalue weighted by atomic mass is 10.0. The highest BCUT2D eigenvalue weighted by atomic mass is 16.5. The summed E-state index contributed by atoms with van der Waals surface area (Å²) >= 11 is 0. The quantitative estimate of drug-likeness (QED) is 0.473. The van der Waals surface area contributed by atoms with Gasteiger partial charge in [-0.1, -0.05) is 30.3 Å². The number of aromatic amines is 1. The minimum Gasteiger partial charge on any atom is -0.497 e. The fraction of sp³-hybridized carbons (Fsp3) is 0.360. The van der Waals surface area contributed by atoms with E-state index in [1.54, 1.807) is 11.8 Å². The number of aryl methyl sites for hydroxylation is 1. The van der Waals surface area contributed by atoms with Gasteiger partial charge in [0.2, 0.25) is 0 Å². The Morgan fingerprint density at radius 3 is 2.59 bits per heavy atom. The number of rotatable bonds is 6. The maximum Gasteiger partial charge on any atom is 0.253 e. The summed E-state index contributed by atoms with van der Waals surface area (Å²) in [6.07, 6.45) is 0. The molecule has 9 heteroatoms. The zero-order chi connectivity index (χ0) is 23.7. The molecule has 1 aliphatic heterocycles. The summed E-state index contributed by atoms with van der Waals surface area (Å²) in [5.74, 6) is 1.46. The lowest BCUT2D eigenvalue weighted by Gasteiger charge is -2.37. The Balaban J connectivity index is 1.58. The molecule has 176 valence electrons. The first-order valence-corrected chi connectivity index (χ1v) is 11.5. The number of fused-ring (bicyclic) bond motifs is 1. The second-order valence-corrected chi connectivity index (χ2v) is 8.88. The molecule has 1 saturated heterocycles. The van der Waals surface area contributed by atoms with E-state index in [1.807, 2.05) is 55.5 Å². The van der Waals surface area contributed by atoms with Crippen LogP contribution < -0.4 is 10.3 Å². The van der Waals surface area contributed by atoms with E-state index in [4.69, 9.17) is 4.74 Å². The zero-order valence-corrected chi connectivity index (χ0v) is 19.7. The highest BCUT2D eigenvalue weighted by Crippen LogP contribution is 2.28. The number of hydrogen-bond donors (Lipinski definition) is 1. The SMILES string of the molecule is COc1ccc(Cn2nnnc2[C@@H](c2cc3cccc(C)c3[nH]c2=O)N2CCN(C)CC2)cc1. The van der Waals surface area contributed by atoms with Crippen LogP contribution in [0.3, 0.4) is 0 Å². The molecular formula is C25H29N7O2. The number of methoxy groups -OCH3 is 1. The number of ether oxygens (including phenoxy) is 1. The molecule has 2 aromatic heterocycles. The fourth-order valence-electron chi connectivity index (χ4n) is 4.61. The molecule has 9 nitrogen and oxygen atoms in total. The van der Waals surface area contributed by atoms with Crippen molar-refractivity contribution in [1.82, 2.24) is 35.0 Å². The number of para-hydroxylation sites is 1. The number of likely N-dealkylation sites (N-methyl/N-ethyl adjacent to an activating group) is 1. The molecule has 1 aliphatic rings. The lowest BCUT2D eigenvalue weighted by Crippen LogP contribution is -2.47. The van der Waals surface area contributed by atoms with Gasteiger partial charge in [0.05, 0.1) is 19.2 Å². The maximum atomic E-state index is 13.4. The second-order valence-electron chi connectivity index (χ2n) is 8.88. The van der Waals surface area contributed by atoms with E-state index in [9.17, 15) is 4.79 Å². The van der Waals surface area contributed by atoms with Crippen LogP contribution >= 0.6 is 0 Å². The van der Waals surface area contributed by atoms with Gasteiger partial charge in [0.1, 0.15) is 11.8 Å². The minimum atomic E-state index is -0.351. The molecule has 1 N–H and O–H groups in total.